The molecule has 0 aromatic heterocycles. The van der Waals surface area contributed by atoms with E-state index in [4.69, 9.17) is 22.0 Å². The predicted octanol–water partition coefficient (Wildman–Crippen LogP) is 1.92. The van der Waals surface area contributed by atoms with Crippen molar-refractivity contribution in [3.8, 4) is 6.07 Å². The van der Waals surface area contributed by atoms with Gasteiger partial charge in [0.25, 0.3) is 0 Å². The Morgan fingerprint density at radius 3 is 2.71 bits per heavy atom. The molecule has 0 saturated heterocycles. The lowest BCUT2D eigenvalue weighted by molar-refractivity contribution is -0.136. The molecule has 0 bridgehead atoms. The molecular weight excluding hydrogens is 202 g/mol. The number of hydrogen-bond acceptors (Lipinski definition) is 2. The lowest BCUT2D eigenvalue weighted by atomic mass is 10.0. The number of carboxylic acid groups (broad SMARTS) is 1. The van der Waals surface area contributed by atoms with Crippen LogP contribution in [0.15, 0.2) is 18.2 Å². The molecular formula is C10H8ClNO2. The number of carbonyl (C=O) groups is 1. The van der Waals surface area contributed by atoms with E-state index in [0.717, 1.165) is 5.56 Å². The Morgan fingerprint density at radius 2 is 2.21 bits per heavy atom. The molecule has 0 spiro atoms. The smallest absolute Gasteiger partial charge is 0.307 e. The molecule has 0 radical (unpaired) electrons. The van der Waals surface area contributed by atoms with Crippen molar-refractivity contribution in [3.05, 3.63) is 34.9 Å². The Labute approximate surface area is 86.5 Å². The average molecular weight is 210 g/mol. The Morgan fingerprint density at radius 1 is 1.50 bits per heavy atom. The molecule has 0 fully saturated rings. The molecule has 1 aromatic carbocycles. The van der Waals surface area contributed by atoms with Crippen LogP contribution < -0.4 is 0 Å². The second kappa shape index (κ2) is 4.64. The number of nitriles is 1. The van der Waals surface area contributed by atoms with E-state index in [0.29, 0.717) is 11.1 Å². The number of aliphatic carboxylic acids is 1. The third-order valence-corrected chi connectivity index (χ3v) is 2.11. The van der Waals surface area contributed by atoms with Gasteiger partial charge in [0.05, 0.1) is 18.1 Å². The Hall–Kier alpha value is -1.53. The standard InChI is InChI=1S/C10H8ClNO2/c11-5-8-2-1-7(6-12)3-9(8)4-10(13)14/h1-3H,4-5H2,(H,13,14). The Balaban J connectivity index is 3.09. The van der Waals surface area contributed by atoms with Crippen molar-refractivity contribution in [1.82, 2.24) is 0 Å². The first-order valence-electron chi connectivity index (χ1n) is 3.97. The topological polar surface area (TPSA) is 61.1 Å². The van der Waals surface area contributed by atoms with E-state index in [9.17, 15) is 4.79 Å². The third-order valence-electron chi connectivity index (χ3n) is 1.82. The van der Waals surface area contributed by atoms with Gasteiger partial charge in [0, 0.05) is 5.88 Å². The molecule has 1 aromatic rings. The van der Waals surface area contributed by atoms with E-state index in [-0.39, 0.29) is 12.3 Å². The van der Waals surface area contributed by atoms with Crippen molar-refractivity contribution in [2.24, 2.45) is 0 Å². The van der Waals surface area contributed by atoms with Crippen LogP contribution >= 0.6 is 11.6 Å². The van der Waals surface area contributed by atoms with Gasteiger partial charge in [-0.05, 0) is 23.3 Å². The first kappa shape index (κ1) is 10.6. The van der Waals surface area contributed by atoms with Gasteiger partial charge in [-0.2, -0.15) is 5.26 Å². The number of rotatable bonds is 3. The quantitative estimate of drug-likeness (QED) is 0.774. The van der Waals surface area contributed by atoms with Crippen molar-refractivity contribution in [2.45, 2.75) is 12.3 Å². The molecule has 0 aliphatic heterocycles. The van der Waals surface area contributed by atoms with E-state index in [2.05, 4.69) is 0 Å². The summed E-state index contributed by atoms with van der Waals surface area (Å²) < 4.78 is 0. The highest BCUT2D eigenvalue weighted by Gasteiger charge is 2.07. The maximum atomic E-state index is 10.5. The Bertz CT molecular complexity index is 396. The summed E-state index contributed by atoms with van der Waals surface area (Å²) in [6, 6.07) is 6.83. The molecule has 0 aliphatic carbocycles. The molecule has 0 atom stereocenters. The van der Waals surface area contributed by atoms with Crippen LogP contribution in [0.3, 0.4) is 0 Å². The minimum atomic E-state index is -0.925. The molecule has 4 heteroatoms. The van der Waals surface area contributed by atoms with Crippen LogP contribution in [-0.2, 0) is 17.1 Å². The zero-order valence-electron chi connectivity index (χ0n) is 7.33. The minimum absolute atomic E-state index is 0.0996. The monoisotopic (exact) mass is 209 g/mol. The second-order valence-corrected chi connectivity index (χ2v) is 3.07. The van der Waals surface area contributed by atoms with Crippen molar-refractivity contribution in [3.63, 3.8) is 0 Å². The van der Waals surface area contributed by atoms with Crippen LogP contribution in [0.5, 0.6) is 0 Å². The summed E-state index contributed by atoms with van der Waals surface area (Å²) >= 11 is 5.64. The molecule has 0 aliphatic rings. The molecule has 0 heterocycles. The highest BCUT2D eigenvalue weighted by Crippen LogP contribution is 2.14. The average Bonchev–Trinajstić information content (AvgIpc) is 2.16. The molecule has 14 heavy (non-hydrogen) atoms. The molecule has 1 N–H and O–H groups in total. The van der Waals surface area contributed by atoms with Gasteiger partial charge in [-0.3, -0.25) is 4.79 Å². The number of hydrogen-bond donors (Lipinski definition) is 1. The van der Waals surface area contributed by atoms with Gasteiger partial charge in [-0.15, -0.1) is 11.6 Å². The van der Waals surface area contributed by atoms with Crippen LogP contribution in [0.2, 0.25) is 0 Å². The maximum Gasteiger partial charge on any atom is 0.307 e. The molecule has 1 rings (SSSR count). The lowest BCUT2D eigenvalue weighted by Gasteiger charge is -2.04. The van der Waals surface area contributed by atoms with Crippen LogP contribution in [0.25, 0.3) is 0 Å². The van der Waals surface area contributed by atoms with Crippen LogP contribution in [0.4, 0.5) is 0 Å². The molecule has 72 valence electrons. The SMILES string of the molecule is N#Cc1ccc(CCl)c(CC(=O)O)c1. The third kappa shape index (κ3) is 2.48. The lowest BCUT2D eigenvalue weighted by Crippen LogP contribution is -2.03. The molecule has 0 saturated carbocycles. The summed E-state index contributed by atoms with van der Waals surface area (Å²) in [5.74, 6) is -0.666. The summed E-state index contributed by atoms with van der Waals surface area (Å²) in [6.45, 7) is 0. The fourth-order valence-electron chi connectivity index (χ4n) is 1.15. The van der Waals surface area contributed by atoms with Gasteiger partial charge < -0.3 is 5.11 Å². The van der Waals surface area contributed by atoms with E-state index in [1.165, 1.54) is 0 Å². The summed E-state index contributed by atoms with van der Waals surface area (Å²) in [6.07, 6.45) is -0.0996. The van der Waals surface area contributed by atoms with Gasteiger partial charge in [0.1, 0.15) is 0 Å². The van der Waals surface area contributed by atoms with Crippen LogP contribution in [0, 0.1) is 11.3 Å². The van der Waals surface area contributed by atoms with Gasteiger partial charge in [-0.1, -0.05) is 6.07 Å². The van der Waals surface area contributed by atoms with Crippen LogP contribution in [0.1, 0.15) is 16.7 Å². The number of halogens is 1. The number of nitrogens with zero attached hydrogens (tertiary/aromatic N) is 1. The van der Waals surface area contributed by atoms with Crippen molar-refractivity contribution in [2.75, 3.05) is 0 Å². The predicted molar refractivity (Wildman–Crippen MR) is 52.1 cm³/mol. The van der Waals surface area contributed by atoms with E-state index in [1.54, 1.807) is 18.2 Å². The van der Waals surface area contributed by atoms with Crippen molar-refractivity contribution < 1.29 is 9.90 Å². The largest absolute Gasteiger partial charge is 0.481 e. The number of benzene rings is 1. The molecule has 0 amide bonds. The number of alkyl halides is 1. The molecule has 3 nitrogen and oxygen atoms in total. The second-order valence-electron chi connectivity index (χ2n) is 2.80. The van der Waals surface area contributed by atoms with Crippen molar-refractivity contribution >= 4 is 17.6 Å². The first-order chi connectivity index (χ1) is 6.67. The summed E-state index contributed by atoms with van der Waals surface area (Å²) in [5.41, 5.74) is 1.81. The minimum Gasteiger partial charge on any atom is -0.481 e. The normalized spacial score (nSPS) is 9.43. The van der Waals surface area contributed by atoms with E-state index in [1.807, 2.05) is 6.07 Å². The van der Waals surface area contributed by atoms with Crippen molar-refractivity contribution in [1.29, 1.82) is 5.26 Å². The van der Waals surface area contributed by atoms with E-state index < -0.39 is 5.97 Å². The first-order valence-corrected chi connectivity index (χ1v) is 4.50. The highest BCUT2D eigenvalue weighted by atomic mass is 35.5. The van der Waals surface area contributed by atoms with Crippen LogP contribution in [-0.4, -0.2) is 11.1 Å². The zero-order valence-corrected chi connectivity index (χ0v) is 8.08. The zero-order chi connectivity index (χ0) is 10.6. The molecule has 0 unspecified atom stereocenters. The number of carboxylic acids is 1. The van der Waals surface area contributed by atoms with Gasteiger partial charge in [0.2, 0.25) is 0 Å². The van der Waals surface area contributed by atoms with Gasteiger partial charge in [0.15, 0.2) is 0 Å². The van der Waals surface area contributed by atoms with Gasteiger partial charge >= 0.3 is 5.97 Å². The highest BCUT2D eigenvalue weighted by molar-refractivity contribution is 6.17. The fourth-order valence-corrected chi connectivity index (χ4v) is 1.41. The Kier molecular flexibility index (Phi) is 3.49. The summed E-state index contributed by atoms with van der Waals surface area (Å²) in [5, 5.41) is 17.3. The van der Waals surface area contributed by atoms with E-state index >= 15 is 0 Å². The fraction of sp³-hybridized carbons (Fsp3) is 0.200. The maximum absolute atomic E-state index is 10.5. The summed E-state index contributed by atoms with van der Waals surface area (Å²) in [7, 11) is 0. The van der Waals surface area contributed by atoms with Gasteiger partial charge in [-0.25, -0.2) is 0 Å². The summed E-state index contributed by atoms with van der Waals surface area (Å²) in [4.78, 5) is 10.5.